The molecular formula is C58H72N12O7S5. The van der Waals surface area contributed by atoms with E-state index in [2.05, 4.69) is 26.0 Å². The number of anilines is 2. The molecule has 436 valence electrons. The topological polar surface area (TPSA) is 259 Å². The van der Waals surface area contributed by atoms with Gasteiger partial charge in [-0.3, -0.25) is 19.7 Å². The number of rotatable bonds is 3. The third kappa shape index (κ3) is 15.2. The predicted octanol–water partition coefficient (Wildman–Crippen LogP) is 13.9. The van der Waals surface area contributed by atoms with Crippen LogP contribution in [-0.2, 0) is 44.8 Å². The van der Waals surface area contributed by atoms with Crippen LogP contribution in [0.4, 0.5) is 24.4 Å². The first-order valence-corrected chi connectivity index (χ1v) is 30.5. The van der Waals surface area contributed by atoms with Crippen LogP contribution in [0.15, 0.2) is 55.4 Å². The Morgan fingerprint density at radius 2 is 1.07 bits per heavy atom. The Bertz CT molecular complexity index is 3510. The minimum Gasteiger partial charge on any atom is -0.444 e. The number of nitrogens with zero attached hydrogens (tertiary/aromatic N) is 10. The number of carbonyl (C=O) groups is 4. The van der Waals surface area contributed by atoms with Gasteiger partial charge >= 0.3 is 18.3 Å². The van der Waals surface area contributed by atoms with Gasteiger partial charge in [-0.05, 0) is 125 Å². The second kappa shape index (κ2) is 25.7. The SMILES string of the molecule is C.C[C@H]1CC(=O)CCN1C(=O)OC(C)(C)C.C[C@H]1Cc2c(sc(N)c2-c2nc3cnccc3s2)CN1C(=O)OC(C)(C)C.C[C@H]1c2sc(N)c(-c3nc4cnccc4s3)c2CCN1C(=O)OC(C)(C)C.N#CCc1nc2cnccc2s1. The van der Waals surface area contributed by atoms with Crippen molar-refractivity contribution in [2.45, 2.75) is 164 Å². The zero-order valence-electron chi connectivity index (χ0n) is 47.6. The van der Waals surface area contributed by atoms with E-state index in [4.69, 9.17) is 40.9 Å². The van der Waals surface area contributed by atoms with Crippen LogP contribution in [0, 0.1) is 11.3 Å². The Morgan fingerprint density at radius 3 is 1.56 bits per heavy atom. The molecule has 3 aliphatic rings. The van der Waals surface area contributed by atoms with E-state index in [-0.39, 0.29) is 49.6 Å². The zero-order valence-corrected chi connectivity index (χ0v) is 51.7. The Morgan fingerprint density at radius 1 is 0.622 bits per heavy atom. The summed E-state index contributed by atoms with van der Waals surface area (Å²) in [6.45, 7) is 24.4. The average molecular weight is 1210 g/mol. The predicted molar refractivity (Wildman–Crippen MR) is 330 cm³/mol. The first kappa shape index (κ1) is 62.7. The number of piperidine rings is 1. The fourth-order valence-corrected chi connectivity index (χ4v) is 14.5. The number of aromatic nitrogens is 6. The quantitative estimate of drug-likeness (QED) is 0.156. The summed E-state index contributed by atoms with van der Waals surface area (Å²) in [4.78, 5) is 81.4. The zero-order chi connectivity index (χ0) is 58.7. The summed E-state index contributed by atoms with van der Waals surface area (Å²) >= 11 is 7.90. The maximum absolute atomic E-state index is 12.6. The third-order valence-corrected chi connectivity index (χ3v) is 18.2. The van der Waals surface area contributed by atoms with Crippen LogP contribution in [0.2, 0.25) is 0 Å². The number of fused-ring (bicyclic) bond motifs is 5. The standard InChI is InChI=1S/2C19H22N4O2S2.C11H19NO3.C8H5N3S.CH4/c1-10-15-11(6-8-23(10)18(24)25-19(2,3)4)14(16(20)27-15)17-22-12-9-21-7-5-13(12)26-17;1-10-7-11-14(9-23(10)18(24)25-19(2,3)4)26-16(20)15(11)17-22-12-8-21-6-5-13(12)27-17;1-8-7-9(13)5-6-12(8)10(14)15-11(2,3)4;9-3-1-8-11-6-5-10-4-2-7(6)12-8;/h5,7,9-10H,6,8,20H2,1-4H3;5-6,8,10H,7,9,20H2,1-4H3;8H,5-7H2,1-4H3;2,4-5H,1H2;1H4/t2*10-;8-;;/m000../s1. The molecule has 0 radical (unpaired) electrons. The number of likely N-dealkylation sites (tertiary alicyclic amines) is 1. The Balaban J connectivity index is 0.000000165. The molecule has 0 bridgehead atoms. The van der Waals surface area contributed by atoms with Crippen LogP contribution in [0.1, 0.15) is 135 Å². The maximum atomic E-state index is 12.6. The van der Waals surface area contributed by atoms with Crippen molar-refractivity contribution in [3.8, 4) is 27.2 Å². The highest BCUT2D eigenvalue weighted by Gasteiger charge is 2.37. The summed E-state index contributed by atoms with van der Waals surface area (Å²) in [5.74, 6) is 0.224. The van der Waals surface area contributed by atoms with Gasteiger partial charge in [0.25, 0.3) is 0 Å². The van der Waals surface area contributed by atoms with E-state index in [1.54, 1.807) is 109 Å². The lowest BCUT2D eigenvalue weighted by atomic mass is 9.98. The molecule has 3 amide bonds. The summed E-state index contributed by atoms with van der Waals surface area (Å²) in [6, 6.07) is 7.85. The number of ether oxygens (including phenoxy) is 3. The summed E-state index contributed by atoms with van der Waals surface area (Å²) in [7, 11) is 0. The molecule has 1 fully saturated rings. The van der Waals surface area contributed by atoms with Crippen LogP contribution in [-0.4, -0.2) is 111 Å². The highest BCUT2D eigenvalue weighted by atomic mass is 32.1. The number of Topliss-reactive ketones (excluding diaryl/α,β-unsaturated/α-hetero) is 1. The number of hydrogen-bond acceptors (Lipinski definition) is 21. The molecule has 0 saturated carbocycles. The number of nitriles is 1. The molecule has 3 aliphatic heterocycles. The Hall–Kier alpha value is -6.91. The van der Waals surface area contributed by atoms with Gasteiger partial charge in [0.05, 0.1) is 73.3 Å². The monoisotopic (exact) mass is 1210 g/mol. The smallest absolute Gasteiger partial charge is 0.410 e. The van der Waals surface area contributed by atoms with Gasteiger partial charge in [-0.1, -0.05) is 7.43 Å². The van der Waals surface area contributed by atoms with Crippen molar-refractivity contribution in [3.05, 3.63) is 81.3 Å². The number of pyridine rings is 3. The van der Waals surface area contributed by atoms with E-state index in [1.807, 2.05) is 101 Å². The second-order valence-electron chi connectivity index (χ2n) is 22.7. The lowest BCUT2D eigenvalue weighted by Crippen LogP contribution is -2.46. The summed E-state index contributed by atoms with van der Waals surface area (Å²) in [5.41, 5.74) is 18.4. The number of nitrogens with two attached hydrogens (primary N) is 2. The lowest BCUT2D eigenvalue weighted by molar-refractivity contribution is -0.122. The van der Waals surface area contributed by atoms with Crippen LogP contribution < -0.4 is 11.5 Å². The number of hydrogen-bond donors (Lipinski definition) is 2. The molecule has 0 aliphatic carbocycles. The van der Waals surface area contributed by atoms with Crippen LogP contribution in [0.25, 0.3) is 51.8 Å². The van der Waals surface area contributed by atoms with Gasteiger partial charge in [-0.25, -0.2) is 29.3 Å². The molecule has 82 heavy (non-hydrogen) atoms. The number of thiophene rings is 2. The van der Waals surface area contributed by atoms with Crippen molar-refractivity contribution >= 4 is 121 Å². The molecule has 11 heterocycles. The maximum Gasteiger partial charge on any atom is 0.410 e. The van der Waals surface area contributed by atoms with E-state index in [0.29, 0.717) is 38.9 Å². The number of thiazole rings is 3. The van der Waals surface area contributed by atoms with Crippen molar-refractivity contribution in [1.29, 1.82) is 5.26 Å². The van der Waals surface area contributed by atoms with Crippen molar-refractivity contribution in [2.24, 2.45) is 0 Å². The third-order valence-electron chi connectivity index (χ3n) is 12.8. The van der Waals surface area contributed by atoms with Crippen molar-refractivity contribution in [3.63, 3.8) is 0 Å². The highest BCUT2D eigenvalue weighted by molar-refractivity contribution is 7.23. The lowest BCUT2D eigenvalue weighted by Gasteiger charge is -2.35. The van der Waals surface area contributed by atoms with E-state index in [9.17, 15) is 19.2 Å². The molecule has 0 aromatic carbocycles. The molecule has 0 unspecified atom stereocenters. The van der Waals surface area contributed by atoms with E-state index in [1.165, 1.54) is 11.1 Å². The number of amides is 3. The van der Waals surface area contributed by atoms with Crippen molar-refractivity contribution in [2.75, 3.05) is 24.6 Å². The van der Waals surface area contributed by atoms with Crippen molar-refractivity contribution < 1.29 is 33.4 Å². The van der Waals surface area contributed by atoms with E-state index < -0.39 is 16.8 Å². The number of carbonyl (C=O) groups excluding carboxylic acids is 4. The average Bonchev–Trinajstić information content (AvgIpc) is 4.29. The van der Waals surface area contributed by atoms with Gasteiger partial charge < -0.3 is 40.4 Å². The molecule has 8 aromatic rings. The Kier molecular flexibility index (Phi) is 19.6. The highest BCUT2D eigenvalue weighted by Crippen LogP contribution is 2.48. The van der Waals surface area contributed by atoms with E-state index in [0.717, 1.165) is 89.4 Å². The normalized spacial score (nSPS) is 16.9. The molecule has 3 atom stereocenters. The Labute approximate surface area is 498 Å². The first-order valence-electron chi connectivity index (χ1n) is 26.5. The van der Waals surface area contributed by atoms with Gasteiger partial charge in [0, 0.05) is 77.5 Å². The molecule has 19 nitrogen and oxygen atoms in total. The molecule has 8 aromatic heterocycles. The molecule has 1 saturated heterocycles. The summed E-state index contributed by atoms with van der Waals surface area (Å²) < 4.78 is 19.7. The van der Waals surface area contributed by atoms with Crippen LogP contribution in [0.3, 0.4) is 0 Å². The summed E-state index contributed by atoms with van der Waals surface area (Å²) in [6.07, 6.45) is 12.4. The van der Waals surface area contributed by atoms with E-state index >= 15 is 0 Å². The van der Waals surface area contributed by atoms with Crippen molar-refractivity contribution in [1.82, 2.24) is 44.6 Å². The van der Waals surface area contributed by atoms with Gasteiger partial charge in [0.1, 0.15) is 48.6 Å². The van der Waals surface area contributed by atoms with Gasteiger partial charge in [0.2, 0.25) is 0 Å². The molecule has 24 heteroatoms. The number of ketones is 1. The number of nitrogen functional groups attached to an aromatic ring is 2. The molecule has 11 rings (SSSR count). The molecular weight excluding hydrogens is 1140 g/mol. The van der Waals surface area contributed by atoms with Gasteiger partial charge in [0.15, 0.2) is 0 Å². The fraction of sp³-hybridized carbons (Fsp3) is 0.466. The fourth-order valence-electron chi connectivity index (χ4n) is 9.20. The minimum absolute atomic E-state index is 0. The second-order valence-corrected chi connectivity index (χ2v) is 28.1. The molecule has 4 N–H and O–H groups in total. The van der Waals surface area contributed by atoms with Gasteiger partial charge in [-0.2, -0.15) is 5.26 Å². The molecule has 0 spiro atoms. The van der Waals surface area contributed by atoms with Crippen LogP contribution >= 0.6 is 56.7 Å². The van der Waals surface area contributed by atoms with Gasteiger partial charge in [-0.15, -0.1) is 56.7 Å². The summed E-state index contributed by atoms with van der Waals surface area (Å²) in [5, 5.41) is 12.7. The largest absolute Gasteiger partial charge is 0.444 e. The first-order chi connectivity index (χ1) is 38.2. The minimum atomic E-state index is -0.508. The van der Waals surface area contributed by atoms with Crippen LogP contribution in [0.5, 0.6) is 0 Å².